The molecule has 14 heavy (non-hydrogen) atoms. The fourth-order valence-electron chi connectivity index (χ4n) is 1.51. The molecular weight excluding hydrogens is 180 g/mol. The number of nitrogens with one attached hydrogen (secondary N) is 1. The molecular formula is C10H22N2O2. The zero-order chi connectivity index (χ0) is 10.1. The van der Waals surface area contributed by atoms with E-state index in [1.54, 1.807) is 0 Å². The third-order valence-electron chi connectivity index (χ3n) is 2.32. The lowest BCUT2D eigenvalue weighted by atomic mass is 10.1. The van der Waals surface area contributed by atoms with Crippen LogP contribution in [0.2, 0.25) is 0 Å². The van der Waals surface area contributed by atoms with Crippen molar-refractivity contribution in [2.75, 3.05) is 33.7 Å². The predicted molar refractivity (Wildman–Crippen MR) is 55.6 cm³/mol. The summed E-state index contributed by atoms with van der Waals surface area (Å²) in [6.07, 6.45) is 6.31. The van der Waals surface area contributed by atoms with Gasteiger partial charge in [-0.05, 0) is 19.9 Å². The zero-order valence-electron chi connectivity index (χ0n) is 9.13. The second-order valence-corrected chi connectivity index (χ2v) is 3.64. The Hall–Kier alpha value is -0.160. The molecule has 0 spiro atoms. The molecule has 1 saturated heterocycles. The Morgan fingerprint density at radius 2 is 2.00 bits per heavy atom. The molecule has 0 saturated carbocycles. The Bertz CT molecular complexity index is 123. The van der Waals surface area contributed by atoms with Gasteiger partial charge >= 0.3 is 0 Å². The van der Waals surface area contributed by atoms with Gasteiger partial charge < -0.3 is 4.74 Å². The van der Waals surface area contributed by atoms with Crippen LogP contribution in [0.25, 0.3) is 0 Å². The number of hydrogen-bond acceptors (Lipinski definition) is 4. The van der Waals surface area contributed by atoms with E-state index in [9.17, 15) is 0 Å². The molecule has 4 heteroatoms. The number of rotatable bonds is 3. The molecule has 1 fully saturated rings. The molecule has 0 aliphatic carbocycles. The van der Waals surface area contributed by atoms with E-state index in [4.69, 9.17) is 9.57 Å². The van der Waals surface area contributed by atoms with Crippen LogP contribution >= 0.6 is 0 Å². The molecule has 0 aromatic rings. The molecule has 0 amide bonds. The summed E-state index contributed by atoms with van der Waals surface area (Å²) < 4.78 is 5.49. The zero-order valence-corrected chi connectivity index (χ0v) is 9.13. The summed E-state index contributed by atoms with van der Waals surface area (Å²) in [6, 6.07) is 0. The van der Waals surface area contributed by atoms with Crippen molar-refractivity contribution in [3.8, 4) is 0 Å². The molecule has 0 aromatic carbocycles. The Kier molecular flexibility index (Phi) is 6.95. The normalized spacial score (nSPS) is 22.1. The van der Waals surface area contributed by atoms with Gasteiger partial charge in [-0.1, -0.05) is 19.3 Å². The molecule has 4 nitrogen and oxygen atoms in total. The summed E-state index contributed by atoms with van der Waals surface area (Å²) in [5, 5.41) is 4.86. The van der Waals surface area contributed by atoms with Crippen LogP contribution in [-0.4, -0.2) is 38.7 Å². The standard InChI is InChI=1S/C10H22N2O2/c1-11-9-14-12-7-5-3-2-4-6-8-13-10-12/h11H,2-10H2,1H3. The Labute approximate surface area is 86.5 Å². The molecule has 0 radical (unpaired) electrons. The fraction of sp³-hybridized carbons (Fsp3) is 1.00. The van der Waals surface area contributed by atoms with Crippen LogP contribution in [0.3, 0.4) is 0 Å². The minimum atomic E-state index is 0.559. The summed E-state index contributed by atoms with van der Waals surface area (Å²) >= 11 is 0. The van der Waals surface area contributed by atoms with Gasteiger partial charge in [-0.15, -0.1) is 0 Å². The Morgan fingerprint density at radius 3 is 2.86 bits per heavy atom. The van der Waals surface area contributed by atoms with E-state index in [-0.39, 0.29) is 0 Å². The van der Waals surface area contributed by atoms with Gasteiger partial charge in [0, 0.05) is 13.2 Å². The van der Waals surface area contributed by atoms with E-state index < -0.39 is 0 Å². The second-order valence-electron chi connectivity index (χ2n) is 3.64. The first-order valence-electron chi connectivity index (χ1n) is 5.53. The predicted octanol–water partition coefficient (Wildman–Crippen LogP) is 1.34. The smallest absolute Gasteiger partial charge is 0.122 e. The first-order valence-corrected chi connectivity index (χ1v) is 5.53. The topological polar surface area (TPSA) is 33.7 Å². The van der Waals surface area contributed by atoms with Crippen molar-refractivity contribution in [3.63, 3.8) is 0 Å². The SMILES string of the molecule is CNCON1CCCCCCCOC1. The van der Waals surface area contributed by atoms with Crippen LogP contribution < -0.4 is 5.32 Å². The van der Waals surface area contributed by atoms with Crippen molar-refractivity contribution >= 4 is 0 Å². The van der Waals surface area contributed by atoms with Gasteiger partial charge in [0.2, 0.25) is 0 Å². The lowest BCUT2D eigenvalue weighted by Crippen LogP contribution is -2.32. The van der Waals surface area contributed by atoms with Gasteiger partial charge in [0.25, 0.3) is 0 Å². The highest BCUT2D eigenvalue weighted by atomic mass is 16.7. The van der Waals surface area contributed by atoms with Crippen molar-refractivity contribution in [2.24, 2.45) is 0 Å². The van der Waals surface area contributed by atoms with Gasteiger partial charge in [-0.3, -0.25) is 10.2 Å². The molecule has 0 atom stereocenters. The van der Waals surface area contributed by atoms with E-state index in [0.29, 0.717) is 13.5 Å². The van der Waals surface area contributed by atoms with Gasteiger partial charge in [0.05, 0.1) is 0 Å². The highest BCUT2D eigenvalue weighted by molar-refractivity contribution is 4.49. The van der Waals surface area contributed by atoms with E-state index >= 15 is 0 Å². The largest absolute Gasteiger partial charge is 0.364 e. The molecule has 1 aliphatic heterocycles. The summed E-state index contributed by atoms with van der Waals surface area (Å²) in [5.74, 6) is 0. The highest BCUT2D eigenvalue weighted by Crippen LogP contribution is 2.07. The minimum Gasteiger partial charge on any atom is -0.364 e. The molecule has 0 unspecified atom stereocenters. The third-order valence-corrected chi connectivity index (χ3v) is 2.32. The van der Waals surface area contributed by atoms with Crippen LogP contribution in [0, 0.1) is 0 Å². The molecule has 1 aliphatic rings. The van der Waals surface area contributed by atoms with Crippen molar-refractivity contribution in [1.82, 2.24) is 10.4 Å². The minimum absolute atomic E-state index is 0.559. The van der Waals surface area contributed by atoms with Crippen molar-refractivity contribution in [2.45, 2.75) is 32.1 Å². The van der Waals surface area contributed by atoms with Crippen LogP contribution in [0.5, 0.6) is 0 Å². The molecule has 84 valence electrons. The fourth-order valence-corrected chi connectivity index (χ4v) is 1.51. The average Bonchev–Trinajstić information content (AvgIpc) is 2.23. The summed E-state index contributed by atoms with van der Waals surface area (Å²) in [6.45, 7) is 2.99. The van der Waals surface area contributed by atoms with Gasteiger partial charge in [0.1, 0.15) is 13.5 Å². The Balaban J connectivity index is 2.16. The maximum atomic E-state index is 5.49. The van der Waals surface area contributed by atoms with E-state index in [1.807, 2.05) is 12.1 Å². The number of hydroxylamine groups is 2. The number of ether oxygens (including phenoxy) is 1. The highest BCUT2D eigenvalue weighted by Gasteiger charge is 2.06. The van der Waals surface area contributed by atoms with E-state index in [2.05, 4.69) is 5.32 Å². The number of hydrogen-bond donors (Lipinski definition) is 1. The quantitative estimate of drug-likeness (QED) is 0.700. The second kappa shape index (κ2) is 8.17. The third kappa shape index (κ3) is 5.54. The maximum Gasteiger partial charge on any atom is 0.122 e. The van der Waals surface area contributed by atoms with Crippen LogP contribution in [0.1, 0.15) is 32.1 Å². The summed E-state index contributed by atoms with van der Waals surface area (Å²) in [7, 11) is 1.88. The molecule has 0 bridgehead atoms. The van der Waals surface area contributed by atoms with Crippen LogP contribution in [-0.2, 0) is 9.57 Å². The summed E-state index contributed by atoms with van der Waals surface area (Å²) in [5.41, 5.74) is 0. The van der Waals surface area contributed by atoms with Gasteiger partial charge in [0.15, 0.2) is 0 Å². The Morgan fingerprint density at radius 1 is 1.21 bits per heavy atom. The lowest BCUT2D eigenvalue weighted by molar-refractivity contribution is -0.213. The first kappa shape index (κ1) is 11.9. The van der Waals surface area contributed by atoms with Crippen molar-refractivity contribution in [1.29, 1.82) is 0 Å². The molecule has 0 aromatic heterocycles. The number of nitrogens with zero attached hydrogens (tertiary/aromatic N) is 1. The van der Waals surface area contributed by atoms with Crippen molar-refractivity contribution < 1.29 is 9.57 Å². The first-order chi connectivity index (χ1) is 6.93. The van der Waals surface area contributed by atoms with Crippen LogP contribution in [0.4, 0.5) is 0 Å². The maximum absolute atomic E-state index is 5.49. The van der Waals surface area contributed by atoms with Gasteiger partial charge in [-0.25, -0.2) is 0 Å². The molecule has 1 rings (SSSR count). The van der Waals surface area contributed by atoms with Crippen molar-refractivity contribution in [3.05, 3.63) is 0 Å². The molecule has 1 N–H and O–H groups in total. The lowest BCUT2D eigenvalue weighted by Gasteiger charge is -2.22. The van der Waals surface area contributed by atoms with Crippen LogP contribution in [0.15, 0.2) is 0 Å². The average molecular weight is 202 g/mol. The van der Waals surface area contributed by atoms with E-state index in [1.165, 1.54) is 32.1 Å². The van der Waals surface area contributed by atoms with E-state index in [0.717, 1.165) is 13.2 Å². The molecule has 1 heterocycles. The monoisotopic (exact) mass is 202 g/mol. The van der Waals surface area contributed by atoms with Gasteiger partial charge in [-0.2, -0.15) is 5.06 Å². The summed E-state index contributed by atoms with van der Waals surface area (Å²) in [4.78, 5) is 5.46.